The predicted octanol–water partition coefficient (Wildman–Crippen LogP) is 2.65. The summed E-state index contributed by atoms with van der Waals surface area (Å²) in [6.07, 6.45) is 2.87. The summed E-state index contributed by atoms with van der Waals surface area (Å²) in [5, 5.41) is 3.29. The van der Waals surface area contributed by atoms with Gasteiger partial charge in [0.1, 0.15) is 0 Å². The van der Waals surface area contributed by atoms with Crippen molar-refractivity contribution >= 4 is 10.0 Å². The minimum absolute atomic E-state index is 0.397. The molecule has 0 spiro atoms. The molecular weight excluding hydrogens is 284 g/mol. The van der Waals surface area contributed by atoms with Crippen LogP contribution in [0, 0.1) is 0 Å². The molecule has 0 saturated carbocycles. The van der Waals surface area contributed by atoms with Crippen molar-refractivity contribution in [2.24, 2.45) is 0 Å². The molecule has 120 valence electrons. The van der Waals surface area contributed by atoms with Gasteiger partial charge in [0.15, 0.2) is 0 Å². The Morgan fingerprint density at radius 3 is 2.29 bits per heavy atom. The average Bonchev–Trinajstić information content (AvgIpc) is 2.49. The van der Waals surface area contributed by atoms with Crippen molar-refractivity contribution < 1.29 is 8.42 Å². The van der Waals surface area contributed by atoms with Crippen molar-refractivity contribution in [3.63, 3.8) is 0 Å². The fourth-order valence-corrected chi connectivity index (χ4v) is 3.81. The fourth-order valence-electron chi connectivity index (χ4n) is 2.27. The van der Waals surface area contributed by atoms with Crippen molar-refractivity contribution in [2.75, 3.05) is 26.2 Å². The first-order valence-corrected chi connectivity index (χ1v) is 9.30. The Morgan fingerprint density at radius 2 is 1.76 bits per heavy atom. The van der Waals surface area contributed by atoms with Gasteiger partial charge in [-0.05, 0) is 50.0 Å². The first-order valence-electron chi connectivity index (χ1n) is 7.86. The molecule has 0 aliphatic rings. The summed E-state index contributed by atoms with van der Waals surface area (Å²) >= 11 is 0. The maximum Gasteiger partial charge on any atom is 0.243 e. The molecule has 0 aromatic heterocycles. The highest BCUT2D eigenvalue weighted by atomic mass is 32.2. The SMILES string of the molecule is CCCN(CC)S(=O)(=O)c1ccc(CCCNCC)cc1. The highest BCUT2D eigenvalue weighted by Crippen LogP contribution is 2.17. The molecule has 0 amide bonds. The highest BCUT2D eigenvalue weighted by Gasteiger charge is 2.21. The quantitative estimate of drug-likeness (QED) is 0.676. The summed E-state index contributed by atoms with van der Waals surface area (Å²) in [7, 11) is -3.34. The molecule has 0 aliphatic heterocycles. The Hall–Kier alpha value is -0.910. The molecule has 0 atom stereocenters. The van der Waals surface area contributed by atoms with Gasteiger partial charge in [0.2, 0.25) is 10.0 Å². The van der Waals surface area contributed by atoms with E-state index in [1.807, 2.05) is 26.0 Å². The molecule has 0 saturated heterocycles. The normalized spacial score (nSPS) is 12.0. The van der Waals surface area contributed by atoms with Crippen LogP contribution in [-0.2, 0) is 16.4 Å². The van der Waals surface area contributed by atoms with Gasteiger partial charge >= 0.3 is 0 Å². The van der Waals surface area contributed by atoms with E-state index in [0.717, 1.165) is 32.4 Å². The molecule has 0 radical (unpaired) electrons. The largest absolute Gasteiger partial charge is 0.317 e. The zero-order valence-electron chi connectivity index (χ0n) is 13.4. The summed E-state index contributed by atoms with van der Waals surface area (Å²) in [5.74, 6) is 0. The van der Waals surface area contributed by atoms with E-state index >= 15 is 0 Å². The highest BCUT2D eigenvalue weighted by molar-refractivity contribution is 7.89. The molecule has 1 aromatic rings. The van der Waals surface area contributed by atoms with E-state index in [2.05, 4.69) is 12.2 Å². The minimum Gasteiger partial charge on any atom is -0.317 e. The molecular formula is C16H28N2O2S. The van der Waals surface area contributed by atoms with Crippen LogP contribution < -0.4 is 5.32 Å². The Morgan fingerprint density at radius 1 is 1.10 bits per heavy atom. The lowest BCUT2D eigenvalue weighted by atomic mass is 10.1. The lowest BCUT2D eigenvalue weighted by molar-refractivity contribution is 0.427. The molecule has 0 aliphatic carbocycles. The van der Waals surface area contributed by atoms with Crippen LogP contribution in [0.1, 0.15) is 39.2 Å². The number of rotatable bonds is 10. The summed E-state index contributed by atoms with van der Waals surface area (Å²) in [6, 6.07) is 7.32. The van der Waals surface area contributed by atoms with Gasteiger partial charge in [0.25, 0.3) is 0 Å². The van der Waals surface area contributed by atoms with Gasteiger partial charge in [-0.15, -0.1) is 0 Å². The zero-order valence-corrected chi connectivity index (χ0v) is 14.2. The van der Waals surface area contributed by atoms with Crippen LogP contribution >= 0.6 is 0 Å². The Balaban J connectivity index is 2.72. The van der Waals surface area contributed by atoms with E-state index < -0.39 is 10.0 Å². The van der Waals surface area contributed by atoms with Gasteiger partial charge in [0, 0.05) is 13.1 Å². The van der Waals surface area contributed by atoms with Gasteiger partial charge < -0.3 is 5.32 Å². The summed E-state index contributed by atoms with van der Waals surface area (Å²) in [4.78, 5) is 0.397. The van der Waals surface area contributed by atoms with Crippen molar-refractivity contribution in [3.05, 3.63) is 29.8 Å². The summed E-state index contributed by atoms with van der Waals surface area (Å²) < 4.78 is 26.5. The van der Waals surface area contributed by atoms with Crippen LogP contribution in [0.4, 0.5) is 0 Å². The smallest absolute Gasteiger partial charge is 0.243 e. The van der Waals surface area contributed by atoms with Crippen molar-refractivity contribution in [1.29, 1.82) is 0 Å². The molecule has 1 N–H and O–H groups in total. The van der Waals surface area contributed by atoms with Crippen molar-refractivity contribution in [1.82, 2.24) is 9.62 Å². The van der Waals surface area contributed by atoms with E-state index in [0.29, 0.717) is 18.0 Å². The van der Waals surface area contributed by atoms with Crippen LogP contribution in [0.25, 0.3) is 0 Å². The number of sulfonamides is 1. The number of nitrogens with one attached hydrogen (secondary N) is 1. The topological polar surface area (TPSA) is 49.4 Å². The standard InChI is InChI=1S/C16H28N2O2S/c1-4-14-18(6-3)21(19,20)16-11-9-15(10-12-16)8-7-13-17-5-2/h9-12,17H,4-8,13-14H2,1-3H3. The van der Waals surface area contributed by atoms with E-state index in [9.17, 15) is 8.42 Å². The molecule has 0 unspecified atom stereocenters. The molecule has 21 heavy (non-hydrogen) atoms. The van der Waals surface area contributed by atoms with Crippen LogP contribution in [0.5, 0.6) is 0 Å². The third-order valence-corrected chi connectivity index (χ3v) is 5.44. The molecule has 0 fully saturated rings. The van der Waals surface area contributed by atoms with Crippen LogP contribution in [0.15, 0.2) is 29.2 Å². The summed E-state index contributed by atoms with van der Waals surface area (Å²) in [5.41, 5.74) is 1.19. The molecule has 1 aromatic carbocycles. The van der Waals surface area contributed by atoms with Crippen LogP contribution in [0.2, 0.25) is 0 Å². The third-order valence-electron chi connectivity index (χ3n) is 3.46. The predicted molar refractivity (Wildman–Crippen MR) is 88.0 cm³/mol. The third kappa shape index (κ3) is 5.41. The molecule has 0 bridgehead atoms. The number of hydrogen-bond donors (Lipinski definition) is 1. The van der Waals surface area contributed by atoms with E-state index in [1.54, 1.807) is 12.1 Å². The van der Waals surface area contributed by atoms with Gasteiger partial charge in [-0.25, -0.2) is 8.42 Å². The average molecular weight is 312 g/mol. The van der Waals surface area contributed by atoms with E-state index in [-0.39, 0.29) is 0 Å². The number of aryl methyl sites for hydroxylation is 1. The van der Waals surface area contributed by atoms with Gasteiger partial charge in [-0.3, -0.25) is 0 Å². The monoisotopic (exact) mass is 312 g/mol. The lowest BCUT2D eigenvalue weighted by Crippen LogP contribution is -2.31. The molecule has 0 heterocycles. The maximum atomic E-state index is 12.5. The first kappa shape index (κ1) is 18.1. The van der Waals surface area contributed by atoms with Gasteiger partial charge in [-0.1, -0.05) is 32.9 Å². The number of hydrogen-bond acceptors (Lipinski definition) is 3. The Labute approximate surface area is 129 Å². The first-order chi connectivity index (χ1) is 10.1. The minimum atomic E-state index is -3.34. The second kappa shape index (κ2) is 9.18. The van der Waals surface area contributed by atoms with Crippen molar-refractivity contribution in [2.45, 2.75) is 44.9 Å². The van der Waals surface area contributed by atoms with Gasteiger partial charge in [-0.2, -0.15) is 4.31 Å². The van der Waals surface area contributed by atoms with Gasteiger partial charge in [0.05, 0.1) is 4.90 Å². The van der Waals surface area contributed by atoms with E-state index in [4.69, 9.17) is 0 Å². The van der Waals surface area contributed by atoms with Crippen LogP contribution in [-0.4, -0.2) is 38.9 Å². The molecule has 4 nitrogen and oxygen atoms in total. The Bertz CT molecular complexity index is 498. The lowest BCUT2D eigenvalue weighted by Gasteiger charge is -2.19. The second-order valence-corrected chi connectivity index (χ2v) is 7.04. The summed E-state index contributed by atoms with van der Waals surface area (Å²) in [6.45, 7) is 9.03. The Kier molecular flexibility index (Phi) is 7.93. The number of benzene rings is 1. The molecule has 5 heteroatoms. The zero-order chi connectivity index (χ0) is 15.7. The maximum absolute atomic E-state index is 12.5. The molecule has 1 rings (SSSR count). The van der Waals surface area contributed by atoms with E-state index in [1.165, 1.54) is 9.87 Å². The second-order valence-electron chi connectivity index (χ2n) is 5.10. The fraction of sp³-hybridized carbons (Fsp3) is 0.625. The number of nitrogens with zero attached hydrogens (tertiary/aromatic N) is 1. The van der Waals surface area contributed by atoms with Crippen molar-refractivity contribution in [3.8, 4) is 0 Å². The van der Waals surface area contributed by atoms with Crippen LogP contribution in [0.3, 0.4) is 0 Å².